The van der Waals surface area contributed by atoms with Crippen LogP contribution in [0.1, 0.15) is 31.2 Å². The topological polar surface area (TPSA) is 63.3 Å². The minimum absolute atomic E-state index is 0.522. The number of nitrogen functional groups attached to an aromatic ring is 1. The SMILES string of the molecule is Nc1ccc(Cl)cc1C1(C(=O)O)CCCC1. The number of carbonyl (C=O) groups is 1. The molecular formula is C12H14ClNO2. The summed E-state index contributed by atoms with van der Waals surface area (Å²) in [6, 6.07) is 5.06. The minimum atomic E-state index is -0.824. The summed E-state index contributed by atoms with van der Waals surface area (Å²) < 4.78 is 0. The second-order valence-electron chi connectivity index (χ2n) is 4.33. The molecule has 0 atom stereocenters. The number of halogens is 1. The van der Waals surface area contributed by atoms with E-state index in [1.165, 1.54) is 0 Å². The highest BCUT2D eigenvalue weighted by molar-refractivity contribution is 6.30. The van der Waals surface area contributed by atoms with Crippen molar-refractivity contribution < 1.29 is 9.90 Å². The fourth-order valence-corrected chi connectivity index (χ4v) is 2.69. The van der Waals surface area contributed by atoms with Gasteiger partial charge in [-0.15, -0.1) is 0 Å². The molecule has 86 valence electrons. The third kappa shape index (κ3) is 1.65. The Morgan fingerprint density at radius 3 is 2.56 bits per heavy atom. The van der Waals surface area contributed by atoms with E-state index in [9.17, 15) is 9.90 Å². The van der Waals surface area contributed by atoms with Gasteiger partial charge in [-0.25, -0.2) is 0 Å². The zero-order chi connectivity index (χ0) is 11.8. The third-order valence-corrected chi connectivity index (χ3v) is 3.63. The predicted molar refractivity (Wildman–Crippen MR) is 63.6 cm³/mol. The molecule has 0 unspecified atom stereocenters. The number of nitrogens with two attached hydrogens (primary N) is 1. The fraction of sp³-hybridized carbons (Fsp3) is 0.417. The monoisotopic (exact) mass is 239 g/mol. The lowest BCUT2D eigenvalue weighted by Gasteiger charge is -2.26. The summed E-state index contributed by atoms with van der Waals surface area (Å²) >= 11 is 5.91. The number of hydrogen-bond donors (Lipinski definition) is 2. The van der Waals surface area contributed by atoms with Crippen LogP contribution in [0.5, 0.6) is 0 Å². The van der Waals surface area contributed by atoms with Crippen molar-refractivity contribution in [3.05, 3.63) is 28.8 Å². The number of anilines is 1. The molecule has 1 aliphatic carbocycles. The van der Waals surface area contributed by atoms with Crippen molar-refractivity contribution in [1.29, 1.82) is 0 Å². The number of aliphatic carboxylic acids is 1. The van der Waals surface area contributed by atoms with Gasteiger partial charge in [0.15, 0.2) is 0 Å². The molecule has 16 heavy (non-hydrogen) atoms. The fourth-order valence-electron chi connectivity index (χ4n) is 2.52. The van der Waals surface area contributed by atoms with Gasteiger partial charge in [0.25, 0.3) is 0 Å². The molecule has 0 bridgehead atoms. The van der Waals surface area contributed by atoms with Crippen LogP contribution < -0.4 is 5.73 Å². The van der Waals surface area contributed by atoms with Crippen molar-refractivity contribution in [2.75, 3.05) is 5.73 Å². The lowest BCUT2D eigenvalue weighted by Crippen LogP contribution is -2.33. The average Bonchev–Trinajstić information content (AvgIpc) is 2.71. The van der Waals surface area contributed by atoms with Crippen LogP contribution in [0, 0.1) is 0 Å². The van der Waals surface area contributed by atoms with E-state index in [0.717, 1.165) is 12.8 Å². The van der Waals surface area contributed by atoms with E-state index in [0.29, 0.717) is 29.1 Å². The van der Waals surface area contributed by atoms with Crippen molar-refractivity contribution >= 4 is 23.3 Å². The lowest BCUT2D eigenvalue weighted by atomic mass is 9.78. The second kappa shape index (κ2) is 3.98. The first-order chi connectivity index (χ1) is 7.56. The molecule has 3 N–H and O–H groups in total. The molecule has 0 spiro atoms. The molecule has 0 aliphatic heterocycles. The standard InChI is InChI=1S/C12H14ClNO2/c13-8-3-4-10(14)9(7-8)12(11(15)16)5-1-2-6-12/h3-4,7H,1-2,5-6,14H2,(H,15,16). The number of rotatable bonds is 2. The zero-order valence-electron chi connectivity index (χ0n) is 8.87. The Labute approximate surface area is 99.2 Å². The first kappa shape index (κ1) is 11.3. The Kier molecular flexibility index (Phi) is 2.80. The van der Waals surface area contributed by atoms with Gasteiger partial charge in [-0.05, 0) is 36.6 Å². The zero-order valence-corrected chi connectivity index (χ0v) is 9.63. The van der Waals surface area contributed by atoms with E-state index in [1.807, 2.05) is 0 Å². The first-order valence-corrected chi connectivity index (χ1v) is 5.73. The van der Waals surface area contributed by atoms with Gasteiger partial charge in [0, 0.05) is 10.7 Å². The molecule has 1 aromatic rings. The Balaban J connectivity index is 2.55. The second-order valence-corrected chi connectivity index (χ2v) is 4.76. The van der Waals surface area contributed by atoms with Crippen LogP contribution in [0.15, 0.2) is 18.2 Å². The minimum Gasteiger partial charge on any atom is -0.481 e. The molecule has 3 nitrogen and oxygen atoms in total. The normalized spacial score (nSPS) is 18.6. The van der Waals surface area contributed by atoms with Crippen molar-refractivity contribution in [2.24, 2.45) is 0 Å². The van der Waals surface area contributed by atoms with E-state index in [4.69, 9.17) is 17.3 Å². The smallest absolute Gasteiger partial charge is 0.314 e. The molecule has 0 aromatic heterocycles. The number of carboxylic acids is 1. The predicted octanol–water partition coefficient (Wildman–Crippen LogP) is 2.82. The van der Waals surface area contributed by atoms with Gasteiger partial charge >= 0.3 is 5.97 Å². The molecule has 4 heteroatoms. The summed E-state index contributed by atoms with van der Waals surface area (Å²) in [5.41, 5.74) is 6.24. The number of hydrogen-bond acceptors (Lipinski definition) is 2. The van der Waals surface area contributed by atoms with E-state index >= 15 is 0 Å². The van der Waals surface area contributed by atoms with E-state index in [1.54, 1.807) is 18.2 Å². The van der Waals surface area contributed by atoms with Crippen molar-refractivity contribution in [2.45, 2.75) is 31.1 Å². The molecule has 0 heterocycles. The Morgan fingerprint density at radius 1 is 1.38 bits per heavy atom. The summed E-state index contributed by atoms with van der Waals surface area (Å²) in [6.07, 6.45) is 3.15. The Hall–Kier alpha value is -1.22. The molecule has 0 radical (unpaired) electrons. The highest BCUT2D eigenvalue weighted by Crippen LogP contribution is 2.44. The molecular weight excluding hydrogens is 226 g/mol. The van der Waals surface area contributed by atoms with Gasteiger partial charge in [-0.3, -0.25) is 4.79 Å². The van der Waals surface area contributed by atoms with Gasteiger partial charge in [0.05, 0.1) is 5.41 Å². The van der Waals surface area contributed by atoms with Crippen molar-refractivity contribution in [3.63, 3.8) is 0 Å². The summed E-state index contributed by atoms with van der Waals surface area (Å²) in [5.74, 6) is -0.793. The highest BCUT2D eigenvalue weighted by Gasteiger charge is 2.44. The van der Waals surface area contributed by atoms with Crippen LogP contribution in [0.4, 0.5) is 5.69 Å². The average molecular weight is 240 g/mol. The molecule has 2 rings (SSSR count). The van der Waals surface area contributed by atoms with Crippen LogP contribution in [0.3, 0.4) is 0 Å². The van der Waals surface area contributed by atoms with Crippen LogP contribution in [0.2, 0.25) is 5.02 Å². The van der Waals surface area contributed by atoms with Crippen LogP contribution >= 0.6 is 11.6 Å². The summed E-state index contributed by atoms with van der Waals surface area (Å²) in [6.45, 7) is 0. The van der Waals surface area contributed by atoms with Gasteiger partial charge in [0.1, 0.15) is 0 Å². The maximum atomic E-state index is 11.5. The lowest BCUT2D eigenvalue weighted by molar-refractivity contribution is -0.143. The molecule has 1 saturated carbocycles. The van der Waals surface area contributed by atoms with Crippen molar-refractivity contribution in [3.8, 4) is 0 Å². The first-order valence-electron chi connectivity index (χ1n) is 5.35. The Morgan fingerprint density at radius 2 is 2.00 bits per heavy atom. The van der Waals surface area contributed by atoms with Crippen LogP contribution in [-0.4, -0.2) is 11.1 Å². The van der Waals surface area contributed by atoms with Gasteiger partial charge in [0.2, 0.25) is 0 Å². The molecule has 1 aliphatic rings. The molecule has 1 fully saturated rings. The highest BCUT2D eigenvalue weighted by atomic mass is 35.5. The van der Waals surface area contributed by atoms with E-state index < -0.39 is 11.4 Å². The molecule has 0 amide bonds. The maximum absolute atomic E-state index is 11.5. The summed E-state index contributed by atoms with van der Waals surface area (Å²) in [7, 11) is 0. The quantitative estimate of drug-likeness (QED) is 0.780. The van der Waals surface area contributed by atoms with Crippen LogP contribution in [-0.2, 0) is 10.2 Å². The van der Waals surface area contributed by atoms with Gasteiger partial charge in [-0.2, -0.15) is 0 Å². The molecule has 0 saturated heterocycles. The van der Waals surface area contributed by atoms with Crippen LogP contribution in [0.25, 0.3) is 0 Å². The summed E-state index contributed by atoms with van der Waals surface area (Å²) in [5, 5.41) is 9.97. The van der Waals surface area contributed by atoms with Gasteiger partial charge < -0.3 is 10.8 Å². The number of carboxylic acid groups (broad SMARTS) is 1. The Bertz CT molecular complexity index is 425. The van der Waals surface area contributed by atoms with Crippen molar-refractivity contribution in [1.82, 2.24) is 0 Å². The van der Waals surface area contributed by atoms with Gasteiger partial charge in [-0.1, -0.05) is 24.4 Å². The third-order valence-electron chi connectivity index (χ3n) is 3.40. The largest absolute Gasteiger partial charge is 0.481 e. The summed E-state index contributed by atoms with van der Waals surface area (Å²) in [4.78, 5) is 11.5. The maximum Gasteiger partial charge on any atom is 0.314 e. The van der Waals surface area contributed by atoms with E-state index in [-0.39, 0.29) is 0 Å². The van der Waals surface area contributed by atoms with E-state index in [2.05, 4.69) is 0 Å². The molecule has 1 aromatic carbocycles. The number of benzene rings is 1.